The molecule has 2 N–H and O–H groups in total. The number of sulfonamides is 1. The van der Waals surface area contributed by atoms with Crippen LogP contribution in [0.5, 0.6) is 0 Å². The van der Waals surface area contributed by atoms with E-state index in [9.17, 15) is 13.2 Å². The van der Waals surface area contributed by atoms with Crippen LogP contribution in [0.15, 0.2) is 0 Å². The van der Waals surface area contributed by atoms with E-state index >= 15 is 0 Å². The minimum atomic E-state index is -3.36. The second kappa shape index (κ2) is 6.93. The standard InChI is InChI=1S/C10H19NO5S/c12-10(13)2-1-7-17(14,15)11-5-6-16-8-9-3-4-9/h9,11H,1-8H2,(H,12,13). The first kappa shape index (κ1) is 14.4. The summed E-state index contributed by atoms with van der Waals surface area (Å²) in [5.74, 6) is -0.461. The first-order valence-electron chi connectivity index (χ1n) is 5.76. The Morgan fingerprint density at radius 1 is 1.41 bits per heavy atom. The molecule has 0 amide bonds. The lowest BCUT2D eigenvalue weighted by Crippen LogP contribution is -2.30. The maximum absolute atomic E-state index is 11.4. The monoisotopic (exact) mass is 265 g/mol. The van der Waals surface area contributed by atoms with E-state index in [0.717, 1.165) is 0 Å². The molecule has 0 aromatic carbocycles. The summed E-state index contributed by atoms with van der Waals surface area (Å²) < 4.78 is 30.4. The van der Waals surface area contributed by atoms with E-state index in [4.69, 9.17) is 9.84 Å². The molecule has 0 atom stereocenters. The van der Waals surface area contributed by atoms with Crippen LogP contribution >= 0.6 is 0 Å². The molecular weight excluding hydrogens is 246 g/mol. The lowest BCUT2D eigenvalue weighted by Gasteiger charge is -2.06. The molecular formula is C10H19NO5S. The Kier molecular flexibility index (Phi) is 5.87. The van der Waals surface area contributed by atoms with Gasteiger partial charge >= 0.3 is 5.97 Å². The third-order valence-electron chi connectivity index (χ3n) is 2.42. The fraction of sp³-hybridized carbons (Fsp3) is 0.900. The topological polar surface area (TPSA) is 92.7 Å². The highest BCUT2D eigenvalue weighted by Crippen LogP contribution is 2.28. The molecule has 1 aliphatic carbocycles. The van der Waals surface area contributed by atoms with E-state index in [1.54, 1.807) is 0 Å². The molecule has 1 rings (SSSR count). The van der Waals surface area contributed by atoms with Crippen molar-refractivity contribution in [1.82, 2.24) is 4.72 Å². The molecule has 0 unspecified atom stereocenters. The van der Waals surface area contributed by atoms with E-state index in [2.05, 4.69) is 4.72 Å². The SMILES string of the molecule is O=C(O)CCCS(=O)(=O)NCCOCC1CC1. The van der Waals surface area contributed by atoms with Crippen molar-refractivity contribution in [3.05, 3.63) is 0 Å². The highest BCUT2D eigenvalue weighted by molar-refractivity contribution is 7.89. The fourth-order valence-corrected chi connectivity index (χ4v) is 2.35. The van der Waals surface area contributed by atoms with Crippen LogP contribution < -0.4 is 4.72 Å². The Morgan fingerprint density at radius 3 is 2.71 bits per heavy atom. The van der Waals surface area contributed by atoms with E-state index in [-0.39, 0.29) is 25.1 Å². The number of hydrogen-bond donors (Lipinski definition) is 2. The van der Waals surface area contributed by atoms with E-state index in [1.807, 2.05) is 0 Å². The summed E-state index contributed by atoms with van der Waals surface area (Å²) in [6.07, 6.45) is 2.43. The maximum Gasteiger partial charge on any atom is 0.303 e. The van der Waals surface area contributed by atoms with Gasteiger partial charge in [0.15, 0.2) is 0 Å². The molecule has 0 heterocycles. The summed E-state index contributed by atoms with van der Waals surface area (Å²) in [4.78, 5) is 10.2. The lowest BCUT2D eigenvalue weighted by atomic mass is 10.3. The largest absolute Gasteiger partial charge is 0.481 e. The third-order valence-corrected chi connectivity index (χ3v) is 3.89. The fourth-order valence-electron chi connectivity index (χ4n) is 1.29. The van der Waals surface area contributed by atoms with Crippen LogP contribution in [0.1, 0.15) is 25.7 Å². The normalized spacial score (nSPS) is 16.0. The quantitative estimate of drug-likeness (QED) is 0.550. The lowest BCUT2D eigenvalue weighted by molar-refractivity contribution is -0.137. The number of rotatable bonds is 10. The zero-order valence-corrected chi connectivity index (χ0v) is 10.5. The van der Waals surface area contributed by atoms with Crippen LogP contribution in [0.4, 0.5) is 0 Å². The molecule has 1 fully saturated rings. The van der Waals surface area contributed by atoms with E-state index < -0.39 is 16.0 Å². The Morgan fingerprint density at radius 2 is 2.12 bits per heavy atom. The molecule has 17 heavy (non-hydrogen) atoms. The van der Waals surface area contributed by atoms with Gasteiger partial charge in [-0.2, -0.15) is 0 Å². The Bertz CT molecular complexity index is 337. The maximum atomic E-state index is 11.4. The molecule has 6 nitrogen and oxygen atoms in total. The van der Waals surface area contributed by atoms with Gasteiger partial charge in [0.1, 0.15) is 0 Å². The van der Waals surface area contributed by atoms with Gasteiger partial charge in [-0.05, 0) is 25.2 Å². The van der Waals surface area contributed by atoms with Crippen molar-refractivity contribution in [2.24, 2.45) is 5.92 Å². The van der Waals surface area contributed by atoms with Gasteiger partial charge in [0.05, 0.1) is 12.4 Å². The molecule has 100 valence electrons. The number of carbonyl (C=O) groups is 1. The third kappa shape index (κ3) is 8.12. The molecule has 0 aromatic rings. The van der Waals surface area contributed by atoms with Gasteiger partial charge in [-0.25, -0.2) is 13.1 Å². The molecule has 7 heteroatoms. The average Bonchev–Trinajstić information content (AvgIpc) is 3.00. The van der Waals surface area contributed by atoms with Gasteiger partial charge in [0.2, 0.25) is 10.0 Å². The smallest absolute Gasteiger partial charge is 0.303 e. The zero-order chi connectivity index (χ0) is 12.7. The van der Waals surface area contributed by atoms with Crippen molar-refractivity contribution in [3.63, 3.8) is 0 Å². The van der Waals surface area contributed by atoms with Crippen LogP contribution in [0.2, 0.25) is 0 Å². The number of hydrogen-bond acceptors (Lipinski definition) is 4. The molecule has 1 aliphatic rings. The average molecular weight is 265 g/mol. The van der Waals surface area contributed by atoms with Gasteiger partial charge in [-0.15, -0.1) is 0 Å². The first-order chi connectivity index (χ1) is 7.99. The summed E-state index contributed by atoms with van der Waals surface area (Å²) in [6.45, 7) is 1.33. The van der Waals surface area contributed by atoms with Crippen LogP contribution in [0.25, 0.3) is 0 Å². The molecule has 0 aromatic heterocycles. The highest BCUT2D eigenvalue weighted by Gasteiger charge is 2.21. The van der Waals surface area contributed by atoms with Gasteiger partial charge in [0.25, 0.3) is 0 Å². The predicted molar refractivity (Wildman–Crippen MR) is 62.2 cm³/mol. The Labute approximate surface area is 101 Å². The Balaban J connectivity index is 2.00. The zero-order valence-electron chi connectivity index (χ0n) is 9.72. The minimum absolute atomic E-state index is 0.126. The van der Waals surface area contributed by atoms with Crippen LogP contribution in [0, 0.1) is 5.92 Å². The molecule has 1 saturated carbocycles. The number of nitrogens with one attached hydrogen (secondary N) is 1. The van der Waals surface area contributed by atoms with Crippen LogP contribution in [-0.4, -0.2) is 45.0 Å². The summed E-state index contributed by atoms with van der Waals surface area (Å²) in [5, 5.41) is 8.38. The van der Waals surface area contributed by atoms with Crippen molar-refractivity contribution in [3.8, 4) is 0 Å². The number of carboxylic acids is 1. The summed E-state index contributed by atoms with van der Waals surface area (Å²) in [7, 11) is -3.36. The number of aliphatic carboxylic acids is 1. The second-order valence-electron chi connectivity index (χ2n) is 4.23. The van der Waals surface area contributed by atoms with Gasteiger partial charge < -0.3 is 9.84 Å². The van der Waals surface area contributed by atoms with Crippen molar-refractivity contribution >= 4 is 16.0 Å². The molecule has 0 radical (unpaired) electrons. The van der Waals surface area contributed by atoms with Crippen molar-refractivity contribution in [1.29, 1.82) is 0 Å². The second-order valence-corrected chi connectivity index (χ2v) is 6.16. The van der Waals surface area contributed by atoms with Crippen molar-refractivity contribution in [2.45, 2.75) is 25.7 Å². The van der Waals surface area contributed by atoms with Crippen LogP contribution in [0.3, 0.4) is 0 Å². The van der Waals surface area contributed by atoms with Gasteiger partial charge in [-0.3, -0.25) is 4.79 Å². The number of carboxylic acid groups (broad SMARTS) is 1. The minimum Gasteiger partial charge on any atom is -0.481 e. The molecule has 0 spiro atoms. The van der Waals surface area contributed by atoms with Crippen LogP contribution in [-0.2, 0) is 19.6 Å². The summed E-state index contributed by atoms with van der Waals surface area (Å²) in [5.41, 5.74) is 0. The summed E-state index contributed by atoms with van der Waals surface area (Å²) in [6, 6.07) is 0. The van der Waals surface area contributed by atoms with Crippen molar-refractivity contribution < 1.29 is 23.1 Å². The molecule has 0 aliphatic heterocycles. The van der Waals surface area contributed by atoms with E-state index in [1.165, 1.54) is 12.8 Å². The summed E-state index contributed by atoms with van der Waals surface area (Å²) >= 11 is 0. The Hall–Kier alpha value is -0.660. The first-order valence-corrected chi connectivity index (χ1v) is 7.42. The predicted octanol–water partition coefficient (Wildman–Crippen LogP) is 0.197. The molecule has 0 bridgehead atoms. The highest BCUT2D eigenvalue weighted by atomic mass is 32.2. The van der Waals surface area contributed by atoms with E-state index in [0.29, 0.717) is 19.1 Å². The van der Waals surface area contributed by atoms with Gasteiger partial charge in [-0.1, -0.05) is 0 Å². The molecule has 0 saturated heterocycles. The number of ether oxygens (including phenoxy) is 1. The van der Waals surface area contributed by atoms with Crippen molar-refractivity contribution in [2.75, 3.05) is 25.5 Å². The van der Waals surface area contributed by atoms with Gasteiger partial charge in [0, 0.05) is 19.6 Å².